The van der Waals surface area contributed by atoms with E-state index >= 15 is 0 Å². The lowest BCUT2D eigenvalue weighted by Crippen LogP contribution is -2.60. The molecule has 0 saturated carbocycles. The van der Waals surface area contributed by atoms with E-state index in [1.165, 1.54) is 0 Å². The zero-order valence-corrected chi connectivity index (χ0v) is 10.5. The molecule has 0 spiro atoms. The SMILES string of the molecule is CNC[C@H]1O[C@H](OCC(C)C)[C@H](O)[C@@H](O)[C@@H]1O. The van der Waals surface area contributed by atoms with Crippen LogP contribution in [0.5, 0.6) is 0 Å². The molecule has 0 radical (unpaired) electrons. The van der Waals surface area contributed by atoms with Crippen LogP contribution >= 0.6 is 0 Å². The maximum absolute atomic E-state index is 9.73. The Morgan fingerprint density at radius 1 is 1.18 bits per heavy atom. The van der Waals surface area contributed by atoms with Crippen molar-refractivity contribution in [1.82, 2.24) is 5.32 Å². The second-order valence-electron chi connectivity index (χ2n) is 4.80. The summed E-state index contributed by atoms with van der Waals surface area (Å²) in [6, 6.07) is 0. The molecule has 17 heavy (non-hydrogen) atoms. The van der Waals surface area contributed by atoms with Gasteiger partial charge in [0.25, 0.3) is 0 Å². The zero-order valence-electron chi connectivity index (χ0n) is 10.5. The molecular formula is C11H23NO5. The van der Waals surface area contributed by atoms with E-state index in [1.807, 2.05) is 13.8 Å². The van der Waals surface area contributed by atoms with Gasteiger partial charge in [0.1, 0.15) is 24.4 Å². The van der Waals surface area contributed by atoms with E-state index in [0.717, 1.165) is 0 Å². The van der Waals surface area contributed by atoms with Crippen molar-refractivity contribution in [2.45, 2.75) is 44.6 Å². The molecule has 5 atom stereocenters. The van der Waals surface area contributed by atoms with Gasteiger partial charge in [0.05, 0.1) is 6.61 Å². The molecule has 0 aromatic heterocycles. The summed E-state index contributed by atoms with van der Waals surface area (Å²) in [6.07, 6.45) is -5.07. The fourth-order valence-corrected chi connectivity index (χ4v) is 1.71. The van der Waals surface area contributed by atoms with E-state index in [9.17, 15) is 15.3 Å². The van der Waals surface area contributed by atoms with E-state index < -0.39 is 30.7 Å². The molecule has 1 saturated heterocycles. The van der Waals surface area contributed by atoms with Gasteiger partial charge in [-0.2, -0.15) is 0 Å². The third-order valence-electron chi connectivity index (χ3n) is 2.67. The third-order valence-corrected chi connectivity index (χ3v) is 2.67. The molecule has 102 valence electrons. The lowest BCUT2D eigenvalue weighted by Gasteiger charge is -2.40. The van der Waals surface area contributed by atoms with Crippen molar-refractivity contribution in [2.24, 2.45) is 5.92 Å². The Bertz CT molecular complexity index is 226. The summed E-state index contributed by atoms with van der Waals surface area (Å²) in [5, 5.41) is 32.0. The summed E-state index contributed by atoms with van der Waals surface area (Å²) in [4.78, 5) is 0. The summed E-state index contributed by atoms with van der Waals surface area (Å²) in [7, 11) is 1.72. The second-order valence-corrected chi connectivity index (χ2v) is 4.80. The number of hydrogen-bond acceptors (Lipinski definition) is 6. The van der Waals surface area contributed by atoms with Gasteiger partial charge in [-0.15, -0.1) is 0 Å². The van der Waals surface area contributed by atoms with E-state index in [1.54, 1.807) is 7.05 Å². The first-order valence-electron chi connectivity index (χ1n) is 5.93. The number of hydrogen-bond donors (Lipinski definition) is 4. The maximum atomic E-state index is 9.73. The van der Waals surface area contributed by atoms with Crippen LogP contribution in [0.15, 0.2) is 0 Å². The first-order chi connectivity index (χ1) is 7.97. The van der Waals surface area contributed by atoms with Crippen molar-refractivity contribution in [1.29, 1.82) is 0 Å². The molecule has 1 heterocycles. The third kappa shape index (κ3) is 3.87. The van der Waals surface area contributed by atoms with Gasteiger partial charge in [-0.05, 0) is 13.0 Å². The number of nitrogens with one attached hydrogen (secondary N) is 1. The molecule has 1 aliphatic heterocycles. The van der Waals surface area contributed by atoms with E-state index in [2.05, 4.69) is 5.32 Å². The minimum Gasteiger partial charge on any atom is -0.388 e. The summed E-state index contributed by atoms with van der Waals surface area (Å²) < 4.78 is 10.8. The van der Waals surface area contributed by atoms with Crippen LogP contribution in [-0.2, 0) is 9.47 Å². The van der Waals surface area contributed by atoms with Crippen LogP contribution in [0.25, 0.3) is 0 Å². The Hall–Kier alpha value is -0.240. The number of aliphatic hydroxyl groups is 3. The molecule has 0 unspecified atom stereocenters. The van der Waals surface area contributed by atoms with Crippen molar-refractivity contribution in [3.05, 3.63) is 0 Å². The summed E-state index contributed by atoms with van der Waals surface area (Å²) >= 11 is 0. The molecule has 6 nitrogen and oxygen atoms in total. The lowest BCUT2D eigenvalue weighted by atomic mass is 9.99. The number of likely N-dealkylation sites (N-methyl/N-ethyl adjacent to an activating group) is 1. The van der Waals surface area contributed by atoms with Crippen LogP contribution in [0.1, 0.15) is 13.8 Å². The second kappa shape index (κ2) is 6.63. The lowest BCUT2D eigenvalue weighted by molar-refractivity contribution is -0.297. The largest absolute Gasteiger partial charge is 0.388 e. The Balaban J connectivity index is 2.58. The average Bonchev–Trinajstić information content (AvgIpc) is 2.28. The highest BCUT2D eigenvalue weighted by Crippen LogP contribution is 2.22. The number of rotatable bonds is 5. The highest BCUT2D eigenvalue weighted by molar-refractivity contribution is 4.89. The molecule has 6 heteroatoms. The fourth-order valence-electron chi connectivity index (χ4n) is 1.71. The van der Waals surface area contributed by atoms with Gasteiger partial charge in [-0.1, -0.05) is 13.8 Å². The van der Waals surface area contributed by atoms with Crippen molar-refractivity contribution < 1.29 is 24.8 Å². The van der Waals surface area contributed by atoms with Crippen LogP contribution in [0.3, 0.4) is 0 Å². The zero-order chi connectivity index (χ0) is 13.0. The number of ether oxygens (including phenoxy) is 2. The van der Waals surface area contributed by atoms with E-state index in [0.29, 0.717) is 19.1 Å². The summed E-state index contributed by atoms with van der Waals surface area (Å²) in [5.74, 6) is 0.303. The Morgan fingerprint density at radius 3 is 2.35 bits per heavy atom. The quantitative estimate of drug-likeness (QED) is 0.483. The monoisotopic (exact) mass is 249 g/mol. The minimum atomic E-state index is -1.25. The molecule has 4 N–H and O–H groups in total. The van der Waals surface area contributed by atoms with E-state index in [4.69, 9.17) is 9.47 Å². The van der Waals surface area contributed by atoms with Gasteiger partial charge in [0, 0.05) is 6.54 Å². The summed E-state index contributed by atoms with van der Waals surface area (Å²) in [5.41, 5.74) is 0. The van der Waals surface area contributed by atoms with Crippen LogP contribution in [-0.4, -0.2) is 66.2 Å². The van der Waals surface area contributed by atoms with Gasteiger partial charge in [-0.25, -0.2) is 0 Å². The highest BCUT2D eigenvalue weighted by Gasteiger charge is 2.43. The minimum absolute atomic E-state index is 0.303. The van der Waals surface area contributed by atoms with Gasteiger partial charge < -0.3 is 30.1 Å². The smallest absolute Gasteiger partial charge is 0.186 e. The van der Waals surface area contributed by atoms with Crippen LogP contribution in [0, 0.1) is 5.92 Å². The van der Waals surface area contributed by atoms with Gasteiger partial charge in [0.15, 0.2) is 6.29 Å². The normalized spacial score (nSPS) is 38.6. The van der Waals surface area contributed by atoms with Crippen LogP contribution < -0.4 is 5.32 Å². The van der Waals surface area contributed by atoms with Crippen molar-refractivity contribution >= 4 is 0 Å². The fraction of sp³-hybridized carbons (Fsp3) is 1.00. The summed E-state index contributed by atoms with van der Waals surface area (Å²) in [6.45, 7) is 4.76. The Morgan fingerprint density at radius 2 is 1.82 bits per heavy atom. The van der Waals surface area contributed by atoms with Crippen LogP contribution in [0.4, 0.5) is 0 Å². The standard InChI is InChI=1S/C11H23NO5/c1-6(2)5-16-11-10(15)9(14)8(13)7(17-11)4-12-3/h6-15H,4-5H2,1-3H3/t7-,8-,9+,10-,11+/m1/s1. The average molecular weight is 249 g/mol. The molecule has 0 bridgehead atoms. The van der Waals surface area contributed by atoms with E-state index in [-0.39, 0.29) is 0 Å². The van der Waals surface area contributed by atoms with Gasteiger partial charge in [-0.3, -0.25) is 0 Å². The van der Waals surface area contributed by atoms with Crippen molar-refractivity contribution in [3.8, 4) is 0 Å². The van der Waals surface area contributed by atoms with Crippen LogP contribution in [0.2, 0.25) is 0 Å². The molecular weight excluding hydrogens is 226 g/mol. The maximum Gasteiger partial charge on any atom is 0.186 e. The topological polar surface area (TPSA) is 91.2 Å². The van der Waals surface area contributed by atoms with Crippen molar-refractivity contribution in [3.63, 3.8) is 0 Å². The van der Waals surface area contributed by atoms with Crippen molar-refractivity contribution in [2.75, 3.05) is 20.2 Å². The molecule has 0 aromatic carbocycles. The molecule has 0 aromatic rings. The Labute approximate surface area is 102 Å². The predicted octanol–water partition coefficient (Wildman–Crippen LogP) is -1.31. The molecule has 0 aliphatic carbocycles. The first-order valence-corrected chi connectivity index (χ1v) is 5.93. The molecule has 1 rings (SSSR count). The predicted molar refractivity (Wildman–Crippen MR) is 61.4 cm³/mol. The number of aliphatic hydroxyl groups excluding tert-OH is 3. The van der Waals surface area contributed by atoms with Gasteiger partial charge in [0.2, 0.25) is 0 Å². The molecule has 1 aliphatic rings. The highest BCUT2D eigenvalue weighted by atomic mass is 16.7. The Kier molecular flexibility index (Phi) is 5.78. The molecule has 0 amide bonds. The van der Waals surface area contributed by atoms with Gasteiger partial charge >= 0.3 is 0 Å². The molecule has 1 fully saturated rings. The first kappa shape index (κ1) is 14.8.